The van der Waals surface area contributed by atoms with Crippen molar-refractivity contribution in [2.75, 3.05) is 6.61 Å². The molecule has 0 saturated carbocycles. The van der Waals surface area contributed by atoms with Crippen molar-refractivity contribution in [1.29, 1.82) is 0 Å². The highest BCUT2D eigenvalue weighted by molar-refractivity contribution is 6.29. The van der Waals surface area contributed by atoms with Crippen molar-refractivity contribution in [3.63, 3.8) is 0 Å². The fourth-order valence-corrected chi connectivity index (χ4v) is 1.04. The third kappa shape index (κ3) is 6.02. The summed E-state index contributed by atoms with van der Waals surface area (Å²) in [6.07, 6.45) is -11.6. The second-order valence-corrected chi connectivity index (χ2v) is 4.03. The first kappa shape index (κ1) is 21.1. The monoisotopic (exact) mass is 358 g/mol. The molecule has 0 spiro atoms. The molecule has 23 heavy (non-hydrogen) atoms. The van der Waals surface area contributed by atoms with Gasteiger partial charge in [0.2, 0.25) is 0 Å². The lowest BCUT2D eigenvalue weighted by atomic mass is 10.1. The quantitative estimate of drug-likeness (QED) is 0.290. The molecular weight excluding hydrogens is 348 g/mol. The average molecular weight is 358 g/mol. The maximum absolute atomic E-state index is 13.1. The van der Waals surface area contributed by atoms with Crippen LogP contribution >= 0.6 is 0 Å². The Labute approximate surface area is 124 Å². The second kappa shape index (κ2) is 8.11. The summed E-state index contributed by atoms with van der Waals surface area (Å²) in [6.45, 7) is 0.719. The van der Waals surface area contributed by atoms with Crippen LogP contribution < -0.4 is 0 Å². The first-order valence-electron chi connectivity index (χ1n) is 5.66. The van der Waals surface area contributed by atoms with E-state index in [9.17, 15) is 44.7 Å². The number of hydrogen-bond donors (Lipinski definition) is 0. The van der Waals surface area contributed by atoms with Crippen LogP contribution in [0.5, 0.6) is 0 Å². The van der Waals surface area contributed by atoms with Gasteiger partial charge in [0.15, 0.2) is 12.7 Å². The molecule has 0 N–H and O–H groups in total. The van der Waals surface area contributed by atoms with Gasteiger partial charge in [0.05, 0.1) is 0 Å². The van der Waals surface area contributed by atoms with Crippen LogP contribution in [0.2, 0.25) is 0 Å². The molecule has 1 atom stereocenters. The van der Waals surface area contributed by atoms with E-state index in [-0.39, 0.29) is 0 Å². The first-order chi connectivity index (χ1) is 10.4. The number of halogens is 8. The standard InChI is InChI=1S/C11H10F8O4/c1-2-3-5(11(18,19)9(14)15)23-7(21)6(20)22-4-10(16,17)8(12)13/h2,5,8-9H,1,3-4H2. The lowest BCUT2D eigenvalue weighted by molar-refractivity contribution is -0.215. The molecule has 0 aromatic carbocycles. The van der Waals surface area contributed by atoms with Crippen LogP contribution in [0.15, 0.2) is 12.7 Å². The molecule has 0 radical (unpaired) electrons. The Morgan fingerprint density at radius 1 is 1.00 bits per heavy atom. The van der Waals surface area contributed by atoms with E-state index < -0.39 is 55.8 Å². The van der Waals surface area contributed by atoms with E-state index >= 15 is 0 Å². The predicted molar refractivity (Wildman–Crippen MR) is 57.6 cm³/mol. The van der Waals surface area contributed by atoms with Gasteiger partial charge >= 0.3 is 36.6 Å². The summed E-state index contributed by atoms with van der Waals surface area (Å²) in [5.74, 6) is -14.3. The molecule has 0 bridgehead atoms. The first-order valence-corrected chi connectivity index (χ1v) is 5.66. The molecule has 4 nitrogen and oxygen atoms in total. The molecular formula is C11H10F8O4. The van der Waals surface area contributed by atoms with E-state index in [1.165, 1.54) is 0 Å². The molecule has 0 rings (SSSR count). The van der Waals surface area contributed by atoms with Crippen LogP contribution in [0.1, 0.15) is 6.42 Å². The van der Waals surface area contributed by atoms with E-state index in [0.717, 1.165) is 0 Å². The third-order valence-electron chi connectivity index (χ3n) is 2.23. The highest BCUT2D eigenvalue weighted by Crippen LogP contribution is 2.31. The highest BCUT2D eigenvalue weighted by Gasteiger charge is 2.51. The minimum atomic E-state index is -4.86. The number of hydrogen-bond acceptors (Lipinski definition) is 4. The topological polar surface area (TPSA) is 52.6 Å². The van der Waals surface area contributed by atoms with Gasteiger partial charge in [-0.3, -0.25) is 0 Å². The molecule has 0 fully saturated rings. The summed E-state index contributed by atoms with van der Waals surface area (Å²) in [6, 6.07) is 0. The van der Waals surface area contributed by atoms with Gasteiger partial charge in [0.25, 0.3) is 0 Å². The van der Waals surface area contributed by atoms with Crippen molar-refractivity contribution in [2.45, 2.75) is 37.2 Å². The second-order valence-electron chi connectivity index (χ2n) is 4.03. The van der Waals surface area contributed by atoms with E-state index in [1.54, 1.807) is 0 Å². The number of esters is 2. The molecule has 1 unspecified atom stereocenters. The zero-order valence-electron chi connectivity index (χ0n) is 11.1. The van der Waals surface area contributed by atoms with E-state index in [4.69, 9.17) is 0 Å². The van der Waals surface area contributed by atoms with Gasteiger partial charge in [0.1, 0.15) is 0 Å². The molecule has 0 aliphatic heterocycles. The number of ether oxygens (including phenoxy) is 2. The van der Waals surface area contributed by atoms with Crippen LogP contribution in [-0.2, 0) is 19.1 Å². The molecule has 12 heteroatoms. The molecule has 0 aromatic heterocycles. The smallest absolute Gasteiger partial charge is 0.417 e. The zero-order valence-corrected chi connectivity index (χ0v) is 11.1. The largest absolute Gasteiger partial charge is 0.451 e. The Kier molecular flexibility index (Phi) is 7.44. The van der Waals surface area contributed by atoms with Crippen molar-refractivity contribution in [3.05, 3.63) is 12.7 Å². The molecule has 0 heterocycles. The molecule has 0 saturated heterocycles. The Balaban J connectivity index is 4.82. The summed E-state index contributed by atoms with van der Waals surface area (Å²) in [4.78, 5) is 22.0. The number of alkyl halides is 8. The zero-order chi connectivity index (χ0) is 18.4. The summed E-state index contributed by atoms with van der Waals surface area (Å²) in [5.41, 5.74) is 0. The fourth-order valence-electron chi connectivity index (χ4n) is 1.04. The minimum absolute atomic E-state index is 0.671. The van der Waals surface area contributed by atoms with Crippen molar-refractivity contribution in [3.8, 4) is 0 Å². The maximum Gasteiger partial charge on any atom is 0.417 e. The van der Waals surface area contributed by atoms with Gasteiger partial charge in [0, 0.05) is 6.42 Å². The molecule has 0 aliphatic carbocycles. The van der Waals surface area contributed by atoms with Crippen LogP contribution in [0.3, 0.4) is 0 Å². The van der Waals surface area contributed by atoms with Crippen LogP contribution in [-0.4, -0.2) is 49.3 Å². The Hall–Kier alpha value is -1.88. The van der Waals surface area contributed by atoms with Gasteiger partial charge in [-0.2, -0.15) is 17.6 Å². The molecule has 134 valence electrons. The van der Waals surface area contributed by atoms with Crippen molar-refractivity contribution < 1.29 is 54.2 Å². The molecule has 0 amide bonds. The summed E-state index contributed by atoms with van der Waals surface area (Å²) in [5, 5.41) is 0. The number of rotatable bonds is 8. The van der Waals surface area contributed by atoms with Crippen LogP contribution in [0.25, 0.3) is 0 Å². The van der Waals surface area contributed by atoms with Gasteiger partial charge in [-0.25, -0.2) is 27.2 Å². The lowest BCUT2D eigenvalue weighted by Gasteiger charge is -2.24. The molecule has 0 aliphatic rings. The number of carbonyl (C=O) groups excluding carboxylic acids is 2. The van der Waals surface area contributed by atoms with Gasteiger partial charge in [-0.05, 0) is 0 Å². The van der Waals surface area contributed by atoms with Crippen LogP contribution in [0.4, 0.5) is 35.1 Å². The van der Waals surface area contributed by atoms with Crippen molar-refractivity contribution >= 4 is 11.9 Å². The van der Waals surface area contributed by atoms with Crippen molar-refractivity contribution in [2.24, 2.45) is 0 Å². The van der Waals surface area contributed by atoms with Gasteiger partial charge in [-0.1, -0.05) is 6.08 Å². The Morgan fingerprint density at radius 3 is 1.91 bits per heavy atom. The van der Waals surface area contributed by atoms with Crippen LogP contribution in [0, 0.1) is 0 Å². The van der Waals surface area contributed by atoms with E-state index in [1.807, 2.05) is 0 Å². The van der Waals surface area contributed by atoms with E-state index in [2.05, 4.69) is 16.1 Å². The normalized spacial score (nSPS) is 13.8. The lowest BCUT2D eigenvalue weighted by Crippen LogP contribution is -2.44. The number of carbonyl (C=O) groups is 2. The summed E-state index contributed by atoms with van der Waals surface area (Å²) < 4.78 is 106. The average Bonchev–Trinajstić information content (AvgIpc) is 2.43. The van der Waals surface area contributed by atoms with Gasteiger partial charge in [-0.15, -0.1) is 6.58 Å². The summed E-state index contributed by atoms with van der Waals surface area (Å²) in [7, 11) is 0. The Bertz CT molecular complexity index is 438. The third-order valence-corrected chi connectivity index (χ3v) is 2.23. The minimum Gasteiger partial charge on any atom is -0.451 e. The fraction of sp³-hybridized carbons (Fsp3) is 0.636. The maximum atomic E-state index is 13.1. The van der Waals surface area contributed by atoms with Gasteiger partial charge < -0.3 is 9.47 Å². The van der Waals surface area contributed by atoms with E-state index in [0.29, 0.717) is 6.08 Å². The summed E-state index contributed by atoms with van der Waals surface area (Å²) >= 11 is 0. The predicted octanol–water partition coefficient (Wildman–Crippen LogP) is 2.82. The molecule has 0 aromatic rings. The SMILES string of the molecule is C=CCC(OC(=O)C(=O)OCC(F)(F)C(F)F)C(F)(F)C(F)F. The highest BCUT2D eigenvalue weighted by atomic mass is 19.3. The van der Waals surface area contributed by atoms with Crippen molar-refractivity contribution in [1.82, 2.24) is 0 Å². The Morgan fingerprint density at radius 2 is 1.52 bits per heavy atom.